The maximum Gasteiger partial charge on any atom is 0.220 e. The smallest absolute Gasteiger partial charge is 0.220 e. The van der Waals surface area contributed by atoms with Crippen molar-refractivity contribution in [3.8, 4) is 0 Å². The van der Waals surface area contributed by atoms with E-state index in [-0.39, 0.29) is 11.4 Å². The van der Waals surface area contributed by atoms with Crippen molar-refractivity contribution in [3.63, 3.8) is 0 Å². The van der Waals surface area contributed by atoms with E-state index in [0.717, 1.165) is 18.5 Å². The lowest BCUT2D eigenvalue weighted by atomic mass is 10.1. The second-order valence-electron chi connectivity index (χ2n) is 6.27. The van der Waals surface area contributed by atoms with Gasteiger partial charge in [0.1, 0.15) is 5.69 Å². The Morgan fingerprint density at radius 1 is 1.25 bits per heavy atom. The van der Waals surface area contributed by atoms with Crippen LogP contribution in [-0.4, -0.2) is 20.9 Å². The molecule has 5 nitrogen and oxygen atoms in total. The molecule has 1 amide bonds. The number of carbonyl (C=O) groups excluding carboxylic acids is 1. The summed E-state index contributed by atoms with van der Waals surface area (Å²) in [5.41, 5.74) is 0.730. The monoisotopic (exact) mass is 280 g/mol. The lowest BCUT2D eigenvalue weighted by molar-refractivity contribution is -0.121. The highest BCUT2D eigenvalue weighted by Crippen LogP contribution is 2.11. The first-order valence-electron chi connectivity index (χ1n) is 7.62. The Kier molecular flexibility index (Phi) is 6.68. The first-order chi connectivity index (χ1) is 9.43. The molecular formula is C15H28N4O. The molecule has 0 aromatic carbocycles. The van der Waals surface area contributed by atoms with Crippen LogP contribution in [0.15, 0.2) is 6.20 Å². The summed E-state index contributed by atoms with van der Waals surface area (Å²) < 4.78 is 1.82. The van der Waals surface area contributed by atoms with Gasteiger partial charge < -0.3 is 5.32 Å². The van der Waals surface area contributed by atoms with Crippen LogP contribution in [0.1, 0.15) is 71.9 Å². The molecule has 0 aliphatic rings. The van der Waals surface area contributed by atoms with Gasteiger partial charge in [0.05, 0.1) is 18.3 Å². The van der Waals surface area contributed by atoms with Crippen LogP contribution < -0.4 is 5.32 Å². The van der Waals surface area contributed by atoms with Gasteiger partial charge >= 0.3 is 0 Å². The third-order valence-electron chi connectivity index (χ3n) is 3.20. The predicted octanol–water partition coefficient (Wildman–Crippen LogP) is 3.01. The fourth-order valence-electron chi connectivity index (χ4n) is 1.87. The summed E-state index contributed by atoms with van der Waals surface area (Å²) in [7, 11) is 0. The van der Waals surface area contributed by atoms with E-state index in [2.05, 4.69) is 43.3 Å². The minimum absolute atomic E-state index is 0.0749. The molecule has 0 radical (unpaired) electrons. The molecule has 0 saturated carbocycles. The molecule has 1 heterocycles. The molecule has 0 fully saturated rings. The minimum atomic E-state index is -0.0749. The Balaban J connectivity index is 2.22. The molecule has 0 aliphatic heterocycles. The van der Waals surface area contributed by atoms with Crippen molar-refractivity contribution in [2.45, 2.75) is 78.3 Å². The van der Waals surface area contributed by atoms with Crippen LogP contribution in [0, 0.1) is 0 Å². The van der Waals surface area contributed by atoms with Gasteiger partial charge in [0, 0.05) is 6.42 Å². The second kappa shape index (κ2) is 8.02. The highest BCUT2D eigenvalue weighted by molar-refractivity contribution is 5.75. The van der Waals surface area contributed by atoms with Crippen molar-refractivity contribution in [3.05, 3.63) is 11.9 Å². The van der Waals surface area contributed by atoms with Crippen molar-refractivity contribution in [2.75, 3.05) is 0 Å². The van der Waals surface area contributed by atoms with Gasteiger partial charge in [0.15, 0.2) is 0 Å². The molecule has 114 valence electrons. The van der Waals surface area contributed by atoms with E-state index in [0.29, 0.717) is 13.0 Å². The minimum Gasteiger partial charge on any atom is -0.350 e. The number of hydrogen-bond acceptors (Lipinski definition) is 3. The Bertz CT molecular complexity index is 406. The van der Waals surface area contributed by atoms with Crippen molar-refractivity contribution in [2.24, 2.45) is 0 Å². The lowest BCUT2D eigenvalue weighted by Crippen LogP contribution is -2.23. The number of carbonyl (C=O) groups is 1. The van der Waals surface area contributed by atoms with E-state index in [1.54, 1.807) is 0 Å². The average molecular weight is 280 g/mol. The van der Waals surface area contributed by atoms with Crippen molar-refractivity contribution < 1.29 is 4.79 Å². The van der Waals surface area contributed by atoms with Crippen LogP contribution in [0.25, 0.3) is 0 Å². The zero-order valence-corrected chi connectivity index (χ0v) is 13.3. The van der Waals surface area contributed by atoms with Crippen molar-refractivity contribution in [1.29, 1.82) is 0 Å². The second-order valence-corrected chi connectivity index (χ2v) is 6.27. The standard InChI is InChI=1S/C15H28N4O/c1-5-6-7-8-9-10-14(20)16-11-13-12-19(18-17-13)15(2,3)4/h12H,5-11H2,1-4H3,(H,16,20). The molecule has 0 saturated heterocycles. The van der Waals surface area contributed by atoms with Gasteiger partial charge in [-0.2, -0.15) is 0 Å². The number of nitrogens with zero attached hydrogens (tertiary/aromatic N) is 3. The Hall–Kier alpha value is -1.39. The predicted molar refractivity (Wildman–Crippen MR) is 80.2 cm³/mol. The molecule has 1 rings (SSSR count). The molecule has 0 bridgehead atoms. The van der Waals surface area contributed by atoms with E-state index in [1.165, 1.54) is 19.3 Å². The Morgan fingerprint density at radius 2 is 1.95 bits per heavy atom. The molecule has 0 atom stereocenters. The van der Waals surface area contributed by atoms with Crippen LogP contribution in [-0.2, 0) is 16.9 Å². The van der Waals surface area contributed by atoms with E-state index in [9.17, 15) is 4.79 Å². The fraction of sp³-hybridized carbons (Fsp3) is 0.800. The van der Waals surface area contributed by atoms with Crippen LogP contribution in [0.2, 0.25) is 0 Å². The summed E-state index contributed by atoms with van der Waals surface area (Å²) in [5, 5.41) is 11.1. The third-order valence-corrected chi connectivity index (χ3v) is 3.20. The van der Waals surface area contributed by atoms with Crippen molar-refractivity contribution in [1.82, 2.24) is 20.3 Å². The SMILES string of the molecule is CCCCCCCC(=O)NCc1cn(C(C)(C)C)nn1. The van der Waals surface area contributed by atoms with E-state index in [1.807, 2.05) is 10.9 Å². The Labute approximate surface area is 122 Å². The summed E-state index contributed by atoms with van der Waals surface area (Å²) in [6.45, 7) is 8.86. The quantitative estimate of drug-likeness (QED) is 0.745. The summed E-state index contributed by atoms with van der Waals surface area (Å²) >= 11 is 0. The van der Waals surface area contributed by atoms with Gasteiger partial charge in [-0.15, -0.1) is 5.10 Å². The van der Waals surface area contributed by atoms with Gasteiger partial charge in [-0.1, -0.05) is 37.8 Å². The van der Waals surface area contributed by atoms with Crippen molar-refractivity contribution >= 4 is 5.91 Å². The van der Waals surface area contributed by atoms with Gasteiger partial charge in [-0.05, 0) is 27.2 Å². The number of rotatable bonds is 8. The maximum absolute atomic E-state index is 11.7. The summed E-state index contributed by atoms with van der Waals surface area (Å²) in [5.74, 6) is 0.104. The molecule has 1 aromatic heterocycles. The zero-order chi connectivity index (χ0) is 15.0. The van der Waals surface area contributed by atoms with Gasteiger partial charge in [0.25, 0.3) is 0 Å². The number of nitrogens with one attached hydrogen (secondary N) is 1. The molecular weight excluding hydrogens is 252 g/mol. The molecule has 1 N–H and O–H groups in total. The highest BCUT2D eigenvalue weighted by Gasteiger charge is 2.15. The number of hydrogen-bond donors (Lipinski definition) is 1. The van der Waals surface area contributed by atoms with Gasteiger partial charge in [0.2, 0.25) is 5.91 Å². The van der Waals surface area contributed by atoms with Crippen LogP contribution in [0.4, 0.5) is 0 Å². The first-order valence-corrected chi connectivity index (χ1v) is 7.62. The zero-order valence-electron chi connectivity index (χ0n) is 13.3. The largest absolute Gasteiger partial charge is 0.350 e. The lowest BCUT2D eigenvalue weighted by Gasteiger charge is -2.17. The summed E-state index contributed by atoms with van der Waals surface area (Å²) in [4.78, 5) is 11.7. The maximum atomic E-state index is 11.7. The molecule has 0 spiro atoms. The summed E-state index contributed by atoms with van der Waals surface area (Å²) in [6.07, 6.45) is 8.33. The molecule has 0 aliphatic carbocycles. The highest BCUT2D eigenvalue weighted by atomic mass is 16.1. The van der Waals surface area contributed by atoms with E-state index in [4.69, 9.17) is 0 Å². The topological polar surface area (TPSA) is 59.8 Å². The van der Waals surface area contributed by atoms with Gasteiger partial charge in [-0.25, -0.2) is 4.68 Å². The van der Waals surface area contributed by atoms with Crippen LogP contribution >= 0.6 is 0 Å². The van der Waals surface area contributed by atoms with Gasteiger partial charge in [-0.3, -0.25) is 4.79 Å². The third kappa shape index (κ3) is 6.17. The summed E-state index contributed by atoms with van der Waals surface area (Å²) in [6, 6.07) is 0. The number of unbranched alkanes of at least 4 members (excludes halogenated alkanes) is 4. The van der Waals surface area contributed by atoms with E-state index < -0.39 is 0 Å². The first kappa shape index (κ1) is 16.7. The van der Waals surface area contributed by atoms with Crippen LogP contribution in [0.3, 0.4) is 0 Å². The Morgan fingerprint density at radius 3 is 2.55 bits per heavy atom. The molecule has 20 heavy (non-hydrogen) atoms. The average Bonchev–Trinajstić information content (AvgIpc) is 2.85. The molecule has 5 heteroatoms. The van der Waals surface area contributed by atoms with Crippen LogP contribution in [0.5, 0.6) is 0 Å². The number of amides is 1. The number of aromatic nitrogens is 3. The fourth-order valence-corrected chi connectivity index (χ4v) is 1.87. The normalized spacial score (nSPS) is 11.6. The van der Waals surface area contributed by atoms with E-state index >= 15 is 0 Å². The molecule has 1 aromatic rings. The molecule has 0 unspecified atom stereocenters.